The van der Waals surface area contributed by atoms with Gasteiger partial charge in [0, 0.05) is 25.7 Å². The highest BCUT2D eigenvalue weighted by Gasteiger charge is 2.16. The number of methoxy groups -OCH3 is 2. The van der Waals surface area contributed by atoms with Gasteiger partial charge >= 0.3 is 0 Å². The summed E-state index contributed by atoms with van der Waals surface area (Å²) in [6, 6.07) is 3.99. The number of ether oxygens (including phenoxy) is 3. The summed E-state index contributed by atoms with van der Waals surface area (Å²) < 4.78 is 15.6. The van der Waals surface area contributed by atoms with Gasteiger partial charge in [0.1, 0.15) is 5.75 Å². The van der Waals surface area contributed by atoms with E-state index in [-0.39, 0.29) is 0 Å². The number of benzene rings is 1. The zero-order valence-corrected chi connectivity index (χ0v) is 12.2. The molecule has 1 aromatic carbocycles. The van der Waals surface area contributed by atoms with Crippen molar-refractivity contribution in [1.29, 1.82) is 0 Å². The lowest BCUT2D eigenvalue weighted by molar-refractivity contribution is 0.0469. The Morgan fingerprint density at radius 3 is 2.47 bits per heavy atom. The average molecular weight is 268 g/mol. The Hall–Kier alpha value is -1.10. The Labute approximate surface area is 115 Å². The van der Waals surface area contributed by atoms with Crippen molar-refractivity contribution in [3.8, 4) is 5.75 Å². The van der Waals surface area contributed by atoms with Gasteiger partial charge in [0.15, 0.2) is 0 Å². The molecule has 4 heteroatoms. The van der Waals surface area contributed by atoms with Crippen LogP contribution in [0.5, 0.6) is 5.75 Å². The molecule has 4 nitrogen and oxygen atoms in total. The van der Waals surface area contributed by atoms with Crippen LogP contribution in [0, 0.1) is 13.8 Å². The summed E-state index contributed by atoms with van der Waals surface area (Å²) >= 11 is 0. The van der Waals surface area contributed by atoms with Crippen molar-refractivity contribution in [3.05, 3.63) is 28.8 Å². The lowest BCUT2D eigenvalue weighted by Crippen LogP contribution is -2.09. The molecule has 1 atom stereocenters. The maximum absolute atomic E-state index is 10.3. The number of aryl methyl sites for hydroxylation is 2. The highest BCUT2D eigenvalue weighted by Crippen LogP contribution is 2.31. The highest BCUT2D eigenvalue weighted by molar-refractivity contribution is 5.44. The Morgan fingerprint density at radius 1 is 1.11 bits per heavy atom. The lowest BCUT2D eigenvalue weighted by atomic mass is 9.98. The molecule has 108 valence electrons. The Kier molecular flexibility index (Phi) is 6.84. The van der Waals surface area contributed by atoms with Gasteiger partial charge in [0.05, 0.1) is 26.4 Å². The summed E-state index contributed by atoms with van der Waals surface area (Å²) in [4.78, 5) is 0. The third-order valence-corrected chi connectivity index (χ3v) is 3.01. The zero-order valence-electron chi connectivity index (χ0n) is 12.2. The van der Waals surface area contributed by atoms with Crippen LogP contribution in [0.4, 0.5) is 0 Å². The minimum Gasteiger partial charge on any atom is -0.496 e. The van der Waals surface area contributed by atoms with Crippen molar-refractivity contribution in [2.75, 3.05) is 34.0 Å². The highest BCUT2D eigenvalue weighted by atomic mass is 16.5. The second kappa shape index (κ2) is 8.15. The molecular formula is C15H24O4. The summed E-state index contributed by atoms with van der Waals surface area (Å²) in [7, 11) is 3.26. The van der Waals surface area contributed by atoms with Crippen LogP contribution >= 0.6 is 0 Å². The van der Waals surface area contributed by atoms with Gasteiger partial charge in [-0.3, -0.25) is 0 Å². The third kappa shape index (κ3) is 4.82. The van der Waals surface area contributed by atoms with Crippen molar-refractivity contribution in [2.45, 2.75) is 26.4 Å². The van der Waals surface area contributed by atoms with Crippen LogP contribution in [0.2, 0.25) is 0 Å². The van der Waals surface area contributed by atoms with Gasteiger partial charge in [-0.05, 0) is 31.0 Å². The van der Waals surface area contributed by atoms with Crippen LogP contribution in [-0.2, 0) is 9.47 Å². The molecule has 19 heavy (non-hydrogen) atoms. The molecule has 0 fully saturated rings. The first-order valence-electron chi connectivity index (χ1n) is 6.50. The third-order valence-electron chi connectivity index (χ3n) is 3.01. The molecule has 1 rings (SSSR count). The summed E-state index contributed by atoms with van der Waals surface area (Å²) in [5, 5.41) is 10.3. The molecule has 0 spiro atoms. The summed E-state index contributed by atoms with van der Waals surface area (Å²) in [6.45, 7) is 5.62. The molecule has 0 aromatic heterocycles. The first-order chi connectivity index (χ1) is 9.10. The number of hydrogen-bond acceptors (Lipinski definition) is 4. The summed E-state index contributed by atoms with van der Waals surface area (Å²) in [6.07, 6.45) is -0.0256. The maximum atomic E-state index is 10.3. The van der Waals surface area contributed by atoms with E-state index in [4.69, 9.17) is 14.2 Å². The standard InChI is InChI=1S/C15H24O4/c1-11-9-12(2)15(14(10-11)18-4)13(16)5-6-19-8-7-17-3/h9-10,13,16H,5-8H2,1-4H3. The number of hydrogen-bond donors (Lipinski definition) is 1. The van der Waals surface area contributed by atoms with E-state index in [1.54, 1.807) is 14.2 Å². The molecule has 0 aliphatic carbocycles. The van der Waals surface area contributed by atoms with E-state index in [1.807, 2.05) is 26.0 Å². The van der Waals surface area contributed by atoms with Crippen LogP contribution < -0.4 is 4.74 Å². The second-order valence-corrected chi connectivity index (χ2v) is 4.61. The fourth-order valence-corrected chi connectivity index (χ4v) is 2.12. The fourth-order valence-electron chi connectivity index (χ4n) is 2.12. The van der Waals surface area contributed by atoms with E-state index in [2.05, 4.69) is 0 Å². The Morgan fingerprint density at radius 2 is 1.84 bits per heavy atom. The first-order valence-corrected chi connectivity index (χ1v) is 6.50. The SMILES string of the molecule is COCCOCCC(O)c1c(C)cc(C)cc1OC. The van der Waals surface area contributed by atoms with Crippen LogP contribution in [-0.4, -0.2) is 39.1 Å². The van der Waals surface area contributed by atoms with Gasteiger partial charge in [-0.15, -0.1) is 0 Å². The van der Waals surface area contributed by atoms with Crippen molar-refractivity contribution in [3.63, 3.8) is 0 Å². The van der Waals surface area contributed by atoms with Gasteiger partial charge in [-0.1, -0.05) is 6.07 Å². The van der Waals surface area contributed by atoms with E-state index >= 15 is 0 Å². The van der Waals surface area contributed by atoms with Crippen molar-refractivity contribution >= 4 is 0 Å². The molecule has 0 amide bonds. The summed E-state index contributed by atoms with van der Waals surface area (Å²) in [5.41, 5.74) is 3.02. The van der Waals surface area contributed by atoms with Crippen LogP contribution in [0.25, 0.3) is 0 Å². The van der Waals surface area contributed by atoms with Crippen molar-refractivity contribution in [1.82, 2.24) is 0 Å². The Balaban J connectivity index is 2.63. The maximum Gasteiger partial charge on any atom is 0.125 e. The number of aliphatic hydroxyl groups excluding tert-OH is 1. The molecule has 1 N–H and O–H groups in total. The van der Waals surface area contributed by atoms with Gasteiger partial charge in [-0.25, -0.2) is 0 Å². The van der Waals surface area contributed by atoms with E-state index in [0.29, 0.717) is 26.2 Å². The summed E-state index contributed by atoms with van der Waals surface area (Å²) in [5.74, 6) is 0.738. The van der Waals surface area contributed by atoms with E-state index in [9.17, 15) is 5.11 Å². The van der Waals surface area contributed by atoms with Crippen molar-refractivity contribution < 1.29 is 19.3 Å². The number of aliphatic hydroxyl groups is 1. The monoisotopic (exact) mass is 268 g/mol. The van der Waals surface area contributed by atoms with E-state index in [1.165, 1.54) is 0 Å². The molecule has 0 bridgehead atoms. The normalized spacial score (nSPS) is 12.5. The van der Waals surface area contributed by atoms with Gasteiger partial charge < -0.3 is 19.3 Å². The zero-order chi connectivity index (χ0) is 14.3. The van der Waals surface area contributed by atoms with Gasteiger partial charge in [0.25, 0.3) is 0 Å². The predicted molar refractivity (Wildman–Crippen MR) is 74.7 cm³/mol. The van der Waals surface area contributed by atoms with Crippen LogP contribution in [0.3, 0.4) is 0 Å². The molecule has 1 aromatic rings. The van der Waals surface area contributed by atoms with Gasteiger partial charge in [-0.2, -0.15) is 0 Å². The largest absolute Gasteiger partial charge is 0.496 e. The molecule has 0 aliphatic rings. The quantitative estimate of drug-likeness (QED) is 0.735. The average Bonchev–Trinajstić information content (AvgIpc) is 2.37. The Bertz CT molecular complexity index is 390. The van der Waals surface area contributed by atoms with E-state index < -0.39 is 6.10 Å². The molecular weight excluding hydrogens is 244 g/mol. The molecule has 1 unspecified atom stereocenters. The van der Waals surface area contributed by atoms with Crippen LogP contribution in [0.15, 0.2) is 12.1 Å². The molecule has 0 radical (unpaired) electrons. The smallest absolute Gasteiger partial charge is 0.125 e. The predicted octanol–water partition coefficient (Wildman–Crippen LogP) is 2.40. The van der Waals surface area contributed by atoms with E-state index in [0.717, 1.165) is 22.4 Å². The molecule has 0 aliphatic heterocycles. The second-order valence-electron chi connectivity index (χ2n) is 4.61. The fraction of sp³-hybridized carbons (Fsp3) is 0.600. The first kappa shape index (κ1) is 16.0. The topological polar surface area (TPSA) is 47.9 Å². The minimum absolute atomic E-state index is 0.501. The molecule has 0 heterocycles. The van der Waals surface area contributed by atoms with Gasteiger partial charge in [0.2, 0.25) is 0 Å². The minimum atomic E-state index is -0.571. The molecule has 0 saturated heterocycles. The van der Waals surface area contributed by atoms with Crippen molar-refractivity contribution in [2.24, 2.45) is 0 Å². The molecule has 0 saturated carbocycles. The number of rotatable bonds is 8. The lowest BCUT2D eigenvalue weighted by Gasteiger charge is -2.18. The van der Waals surface area contributed by atoms with Crippen LogP contribution in [0.1, 0.15) is 29.2 Å².